The Morgan fingerprint density at radius 1 is 1.17 bits per heavy atom. The lowest BCUT2D eigenvalue weighted by Crippen LogP contribution is -2.53. The van der Waals surface area contributed by atoms with E-state index in [0.29, 0.717) is 18.8 Å². The van der Waals surface area contributed by atoms with Gasteiger partial charge in [-0.15, -0.1) is 0 Å². The molecule has 2 amide bonds. The third-order valence-corrected chi connectivity index (χ3v) is 11.7. The summed E-state index contributed by atoms with van der Waals surface area (Å²) < 4.78 is 8.43. The smallest absolute Gasteiger partial charge is 0.272 e. The summed E-state index contributed by atoms with van der Waals surface area (Å²) in [6, 6.07) is -0.660. The van der Waals surface area contributed by atoms with Crippen molar-refractivity contribution in [3.8, 4) is 0 Å². The van der Waals surface area contributed by atoms with Crippen molar-refractivity contribution in [1.82, 2.24) is 25.1 Å². The summed E-state index contributed by atoms with van der Waals surface area (Å²) >= 11 is 0. The Morgan fingerprint density at radius 2 is 1.83 bits per heavy atom. The minimum Gasteiger partial charge on any atom is -0.417 e. The molecule has 0 saturated heterocycles. The molecule has 1 aromatic rings. The number of likely N-dealkylation sites (N-methyl/N-ethyl adjacent to an activating group) is 1. The number of carbonyl (C=O) groups is 2. The molecule has 0 radical (unpaired) electrons. The van der Waals surface area contributed by atoms with Gasteiger partial charge in [0.15, 0.2) is 14.0 Å². The molecule has 2 N–H and O–H groups in total. The quantitative estimate of drug-likeness (QED) is 0.411. The third kappa shape index (κ3) is 7.51. The van der Waals surface area contributed by atoms with E-state index < -0.39 is 19.8 Å². The van der Waals surface area contributed by atoms with E-state index in [2.05, 4.69) is 67.1 Å². The van der Waals surface area contributed by atoms with Crippen molar-refractivity contribution in [2.24, 2.45) is 5.41 Å². The Labute approximate surface area is 213 Å². The fraction of sp³-hybridized carbons (Fsp3) is 0.731. The fourth-order valence-electron chi connectivity index (χ4n) is 3.86. The standard InChI is InChI=1S/C26H47N5O3Si/c1-25(2,3)22(24(33)27-7)29-23(32)21-19-18-30(8)15-13-16-31(19)20(28-21)14-11-12-17-34-35(9,10)26(4,5)6/h11,14,22H,12-13,15-18H2,1-10H3,(H,27,33)(H,29,32)/b14-11+/t22-/m1/s1. The van der Waals surface area contributed by atoms with Crippen molar-refractivity contribution in [3.63, 3.8) is 0 Å². The van der Waals surface area contributed by atoms with E-state index in [1.54, 1.807) is 7.05 Å². The first kappa shape index (κ1) is 29.3. The summed E-state index contributed by atoms with van der Waals surface area (Å²) in [5.74, 6) is 0.253. The van der Waals surface area contributed by atoms with Crippen molar-refractivity contribution in [3.05, 3.63) is 23.3 Å². The molecule has 1 atom stereocenters. The van der Waals surface area contributed by atoms with E-state index in [-0.39, 0.29) is 16.9 Å². The van der Waals surface area contributed by atoms with Crippen molar-refractivity contribution < 1.29 is 14.0 Å². The molecule has 0 fully saturated rings. The second-order valence-corrected chi connectivity index (χ2v) is 17.0. The highest BCUT2D eigenvalue weighted by Gasteiger charge is 2.37. The van der Waals surface area contributed by atoms with Crippen LogP contribution in [0.4, 0.5) is 0 Å². The molecule has 2 heterocycles. The molecule has 8 nitrogen and oxygen atoms in total. The Hall–Kier alpha value is -1.97. The van der Waals surface area contributed by atoms with E-state index >= 15 is 0 Å². The predicted octanol–water partition coefficient (Wildman–Crippen LogP) is 4.03. The maximum Gasteiger partial charge on any atom is 0.272 e. The van der Waals surface area contributed by atoms with Gasteiger partial charge in [-0.3, -0.25) is 9.59 Å². The van der Waals surface area contributed by atoms with Crippen molar-refractivity contribution in [1.29, 1.82) is 0 Å². The summed E-state index contributed by atoms with van der Waals surface area (Å²) in [7, 11) is 1.87. The fourth-order valence-corrected chi connectivity index (χ4v) is 4.93. The number of aromatic nitrogens is 2. The Morgan fingerprint density at radius 3 is 2.40 bits per heavy atom. The van der Waals surface area contributed by atoms with Crippen LogP contribution in [0.2, 0.25) is 18.1 Å². The number of imidazole rings is 1. The molecule has 0 spiro atoms. The van der Waals surface area contributed by atoms with Gasteiger partial charge in [-0.25, -0.2) is 4.98 Å². The number of hydrogen-bond acceptors (Lipinski definition) is 5. The molecule has 0 bridgehead atoms. The molecule has 1 aliphatic rings. The number of rotatable bonds is 8. The average Bonchev–Trinajstić information content (AvgIpc) is 2.94. The Kier molecular flexibility index (Phi) is 9.52. The van der Waals surface area contributed by atoms with Gasteiger partial charge in [0.1, 0.15) is 11.9 Å². The molecule has 198 valence electrons. The van der Waals surface area contributed by atoms with Gasteiger partial charge >= 0.3 is 0 Å². The molecule has 0 aliphatic carbocycles. The molecule has 9 heteroatoms. The van der Waals surface area contributed by atoms with Crippen LogP contribution in [0.25, 0.3) is 6.08 Å². The minimum atomic E-state index is -1.77. The van der Waals surface area contributed by atoms with Gasteiger partial charge in [0.2, 0.25) is 5.91 Å². The molecule has 35 heavy (non-hydrogen) atoms. The molecule has 1 aromatic heterocycles. The van der Waals surface area contributed by atoms with Crippen molar-refractivity contribution >= 4 is 26.2 Å². The zero-order chi connectivity index (χ0) is 26.6. The average molecular weight is 506 g/mol. The highest BCUT2D eigenvalue weighted by molar-refractivity contribution is 6.74. The highest BCUT2D eigenvalue weighted by Crippen LogP contribution is 2.36. The van der Waals surface area contributed by atoms with Crippen LogP contribution in [0.3, 0.4) is 0 Å². The highest BCUT2D eigenvalue weighted by atomic mass is 28.4. The van der Waals surface area contributed by atoms with E-state index in [9.17, 15) is 9.59 Å². The topological polar surface area (TPSA) is 88.5 Å². The largest absolute Gasteiger partial charge is 0.417 e. The zero-order valence-electron chi connectivity index (χ0n) is 23.5. The van der Waals surface area contributed by atoms with Crippen LogP contribution in [-0.2, 0) is 22.3 Å². The van der Waals surface area contributed by atoms with Crippen LogP contribution in [0, 0.1) is 5.41 Å². The van der Waals surface area contributed by atoms with Crippen molar-refractivity contribution in [2.75, 3.05) is 27.2 Å². The summed E-state index contributed by atoms with van der Waals surface area (Å²) in [5.41, 5.74) is 0.856. The Bertz CT molecular complexity index is 925. The first-order chi connectivity index (χ1) is 16.1. The third-order valence-electron chi connectivity index (χ3n) is 7.13. The maximum absolute atomic E-state index is 13.4. The van der Waals surface area contributed by atoms with Gasteiger partial charge in [0.25, 0.3) is 5.91 Å². The van der Waals surface area contributed by atoms with E-state index in [0.717, 1.165) is 37.4 Å². The molecule has 0 saturated carbocycles. The SMILES string of the molecule is CNC(=O)[C@@H](NC(=O)c1nc(/C=C/CCO[Si](C)(C)C(C)(C)C)n2c1CN(C)CCC2)C(C)(C)C. The van der Waals surface area contributed by atoms with Gasteiger partial charge < -0.3 is 24.5 Å². The zero-order valence-corrected chi connectivity index (χ0v) is 24.5. The molecule has 1 aliphatic heterocycles. The van der Waals surface area contributed by atoms with Gasteiger partial charge in [-0.2, -0.15) is 0 Å². The first-order valence-corrected chi connectivity index (χ1v) is 15.6. The maximum atomic E-state index is 13.4. The summed E-state index contributed by atoms with van der Waals surface area (Å²) in [6.45, 7) is 20.1. The number of carbonyl (C=O) groups excluding carboxylic acids is 2. The van der Waals surface area contributed by atoms with Crippen LogP contribution in [0.15, 0.2) is 6.08 Å². The monoisotopic (exact) mass is 505 g/mol. The summed E-state index contributed by atoms with van der Waals surface area (Å²) in [6.07, 6.45) is 5.86. The van der Waals surface area contributed by atoms with Crippen LogP contribution < -0.4 is 10.6 Å². The molecule has 2 rings (SSSR count). The van der Waals surface area contributed by atoms with E-state index in [4.69, 9.17) is 9.41 Å². The number of nitrogens with zero attached hydrogens (tertiary/aromatic N) is 3. The van der Waals surface area contributed by atoms with Gasteiger partial charge in [-0.05, 0) is 56.1 Å². The van der Waals surface area contributed by atoms with Gasteiger partial charge in [0, 0.05) is 26.7 Å². The molecule has 0 aromatic carbocycles. The number of hydrogen-bond donors (Lipinski definition) is 2. The second-order valence-electron chi connectivity index (χ2n) is 12.2. The van der Waals surface area contributed by atoms with E-state index in [1.165, 1.54) is 0 Å². The molecule has 0 unspecified atom stereocenters. The Balaban J connectivity index is 2.26. The number of amides is 2. The number of nitrogens with one attached hydrogen (secondary N) is 2. The first-order valence-electron chi connectivity index (χ1n) is 12.7. The van der Waals surface area contributed by atoms with Crippen LogP contribution in [-0.4, -0.2) is 67.9 Å². The van der Waals surface area contributed by atoms with Crippen LogP contribution in [0.1, 0.15) is 76.4 Å². The number of fused-ring (bicyclic) bond motifs is 1. The summed E-state index contributed by atoms with van der Waals surface area (Å²) in [4.78, 5) is 32.8. The minimum absolute atomic E-state index is 0.186. The van der Waals surface area contributed by atoms with E-state index in [1.807, 2.05) is 26.8 Å². The van der Waals surface area contributed by atoms with Crippen molar-refractivity contribution in [2.45, 2.75) is 91.6 Å². The van der Waals surface area contributed by atoms with Gasteiger partial charge in [0.05, 0.1) is 5.69 Å². The second kappa shape index (κ2) is 11.4. The summed E-state index contributed by atoms with van der Waals surface area (Å²) in [5, 5.41) is 5.80. The van der Waals surface area contributed by atoms with Gasteiger partial charge in [-0.1, -0.05) is 47.6 Å². The lowest BCUT2D eigenvalue weighted by molar-refractivity contribution is -0.124. The lowest BCUT2D eigenvalue weighted by atomic mass is 9.86. The van der Waals surface area contributed by atoms with Crippen LogP contribution in [0.5, 0.6) is 0 Å². The molecular formula is C26H47N5O3Si. The van der Waals surface area contributed by atoms with Crippen LogP contribution >= 0.6 is 0 Å². The lowest BCUT2D eigenvalue weighted by Gasteiger charge is -2.36. The normalized spacial score (nSPS) is 16.6. The molecular weight excluding hydrogens is 458 g/mol. The predicted molar refractivity (Wildman–Crippen MR) is 145 cm³/mol.